The fourth-order valence-electron chi connectivity index (χ4n) is 2.98. The highest BCUT2D eigenvalue weighted by Gasteiger charge is 2.17. The number of fused-ring (bicyclic) bond motifs is 1. The monoisotopic (exact) mass is 412 g/mol. The number of halogens is 1. The molecule has 0 aliphatic rings. The van der Waals surface area contributed by atoms with E-state index in [9.17, 15) is 17.6 Å². The maximum atomic E-state index is 13.2. The zero-order chi connectivity index (χ0) is 20.8. The van der Waals surface area contributed by atoms with Gasteiger partial charge in [0.15, 0.2) is 5.65 Å². The number of hydrogen-bond donors (Lipinski definition) is 1. The smallest absolute Gasteiger partial charge is 0.273 e. The molecule has 29 heavy (non-hydrogen) atoms. The summed E-state index contributed by atoms with van der Waals surface area (Å²) in [5, 5.41) is 2.85. The van der Waals surface area contributed by atoms with Gasteiger partial charge >= 0.3 is 0 Å². The van der Waals surface area contributed by atoms with Crippen molar-refractivity contribution in [3.05, 3.63) is 77.0 Å². The van der Waals surface area contributed by atoms with Crippen molar-refractivity contribution in [2.75, 3.05) is 14.1 Å². The second kappa shape index (κ2) is 6.94. The van der Waals surface area contributed by atoms with Gasteiger partial charge in [0.1, 0.15) is 5.82 Å². The van der Waals surface area contributed by atoms with Crippen molar-refractivity contribution in [1.82, 2.24) is 18.9 Å². The van der Waals surface area contributed by atoms with E-state index < -0.39 is 10.0 Å². The second-order valence-electron chi connectivity index (χ2n) is 6.64. The highest BCUT2D eigenvalue weighted by molar-refractivity contribution is 7.89. The van der Waals surface area contributed by atoms with Crippen LogP contribution in [0.5, 0.6) is 0 Å². The summed E-state index contributed by atoms with van der Waals surface area (Å²) in [7, 11) is -0.623. The first-order chi connectivity index (χ1) is 13.8. The van der Waals surface area contributed by atoms with Gasteiger partial charge in [0.2, 0.25) is 10.0 Å². The van der Waals surface area contributed by atoms with Gasteiger partial charge in [-0.25, -0.2) is 26.6 Å². The van der Waals surface area contributed by atoms with Gasteiger partial charge in [-0.1, -0.05) is 24.3 Å². The summed E-state index contributed by atoms with van der Waals surface area (Å²) in [4.78, 5) is 17.2. The maximum absolute atomic E-state index is 13.2. The number of hydrogen-bond acceptors (Lipinski definition) is 4. The van der Waals surface area contributed by atoms with Crippen molar-refractivity contribution in [3.63, 3.8) is 0 Å². The Balaban J connectivity index is 1.82. The summed E-state index contributed by atoms with van der Waals surface area (Å²) in [5.74, 6) is -0.354. The molecule has 0 bridgehead atoms. The minimum atomic E-state index is -3.54. The highest BCUT2D eigenvalue weighted by Crippen LogP contribution is 2.25. The Bertz CT molecular complexity index is 1360. The summed E-state index contributed by atoms with van der Waals surface area (Å²) in [5.41, 5.74) is 2.45. The molecular weight excluding hydrogens is 395 g/mol. The van der Waals surface area contributed by atoms with Crippen LogP contribution in [0.1, 0.15) is 0 Å². The molecule has 0 atom stereocenters. The molecule has 2 aromatic heterocycles. The molecular formula is C20H17FN4O3S. The average Bonchev–Trinajstić information content (AvgIpc) is 3.13. The lowest BCUT2D eigenvalue weighted by Gasteiger charge is -2.11. The zero-order valence-electron chi connectivity index (χ0n) is 15.6. The normalized spacial score (nSPS) is 12.0. The van der Waals surface area contributed by atoms with Crippen molar-refractivity contribution in [3.8, 4) is 22.4 Å². The molecule has 0 fully saturated rings. The number of rotatable bonds is 4. The third-order valence-electron chi connectivity index (χ3n) is 4.58. The number of nitrogens with zero attached hydrogens (tertiary/aromatic N) is 3. The van der Waals surface area contributed by atoms with Crippen LogP contribution >= 0.6 is 0 Å². The van der Waals surface area contributed by atoms with Crippen LogP contribution in [0.25, 0.3) is 28.0 Å². The van der Waals surface area contributed by atoms with Crippen molar-refractivity contribution in [2.45, 2.75) is 4.90 Å². The van der Waals surface area contributed by atoms with Gasteiger partial charge in [0.05, 0.1) is 10.6 Å². The molecule has 4 aromatic rings. The molecule has 2 heterocycles. The Hall–Kier alpha value is -3.30. The molecule has 0 saturated heterocycles. The molecule has 0 radical (unpaired) electrons. The predicted molar refractivity (Wildman–Crippen MR) is 108 cm³/mol. The minimum Gasteiger partial charge on any atom is -0.296 e. The van der Waals surface area contributed by atoms with E-state index in [2.05, 4.69) is 10.1 Å². The summed E-state index contributed by atoms with van der Waals surface area (Å²) in [6.45, 7) is 0. The van der Waals surface area contributed by atoms with E-state index >= 15 is 0 Å². The van der Waals surface area contributed by atoms with Crippen LogP contribution in [0, 0.1) is 5.82 Å². The number of aromatic nitrogens is 3. The minimum absolute atomic E-state index is 0.151. The second-order valence-corrected chi connectivity index (χ2v) is 8.80. The van der Waals surface area contributed by atoms with E-state index in [-0.39, 0.29) is 16.3 Å². The van der Waals surface area contributed by atoms with E-state index in [4.69, 9.17) is 0 Å². The van der Waals surface area contributed by atoms with Crippen molar-refractivity contribution < 1.29 is 12.8 Å². The van der Waals surface area contributed by atoms with Gasteiger partial charge in [-0.2, -0.15) is 0 Å². The Morgan fingerprint density at radius 1 is 1.00 bits per heavy atom. The zero-order valence-corrected chi connectivity index (χ0v) is 16.4. The number of benzene rings is 2. The van der Waals surface area contributed by atoms with Gasteiger partial charge in [-0.3, -0.25) is 9.89 Å². The van der Waals surface area contributed by atoms with Crippen molar-refractivity contribution >= 4 is 15.7 Å². The average molecular weight is 412 g/mol. The van der Waals surface area contributed by atoms with Crippen LogP contribution in [-0.2, 0) is 10.0 Å². The summed E-state index contributed by atoms with van der Waals surface area (Å²) in [6, 6.07) is 13.4. The Morgan fingerprint density at radius 2 is 1.62 bits per heavy atom. The molecule has 7 nitrogen and oxygen atoms in total. The van der Waals surface area contributed by atoms with E-state index in [0.29, 0.717) is 28.0 Å². The van der Waals surface area contributed by atoms with Crippen molar-refractivity contribution in [2.24, 2.45) is 0 Å². The lowest BCUT2D eigenvalue weighted by molar-refractivity contribution is 0.521. The summed E-state index contributed by atoms with van der Waals surface area (Å²) < 4.78 is 40.1. The lowest BCUT2D eigenvalue weighted by atomic mass is 10.1. The molecule has 148 valence electrons. The number of aromatic amines is 1. The molecule has 0 aliphatic carbocycles. The molecule has 0 unspecified atom stereocenters. The van der Waals surface area contributed by atoms with E-state index in [1.54, 1.807) is 30.5 Å². The van der Waals surface area contributed by atoms with Crippen LogP contribution in [0.2, 0.25) is 0 Å². The molecule has 0 aliphatic heterocycles. The molecule has 2 aromatic carbocycles. The van der Waals surface area contributed by atoms with Crippen LogP contribution in [0.15, 0.2) is 70.5 Å². The maximum Gasteiger partial charge on any atom is 0.273 e. The highest BCUT2D eigenvalue weighted by atomic mass is 32.2. The number of nitrogens with one attached hydrogen (secondary N) is 1. The molecule has 1 N–H and O–H groups in total. The standard InChI is InChI=1S/C20H17FN4O3S/c1-24(2)29(27,28)16-9-5-14(6-10-16)18-11-19(26)25-20(23-18)17(12-22-25)13-3-7-15(21)8-4-13/h3-12,22H,1-2H3. The topological polar surface area (TPSA) is 87.5 Å². The van der Waals surface area contributed by atoms with Crippen LogP contribution < -0.4 is 5.56 Å². The summed E-state index contributed by atoms with van der Waals surface area (Å²) in [6.07, 6.45) is 1.63. The molecule has 0 saturated carbocycles. The van der Waals surface area contributed by atoms with Gasteiger partial charge < -0.3 is 0 Å². The SMILES string of the molecule is CN(C)S(=O)(=O)c1ccc(-c2cc(=O)n3[nH]cc(-c4ccc(F)cc4)c3n2)cc1. The first-order valence-electron chi connectivity index (χ1n) is 8.67. The number of sulfonamides is 1. The van der Waals surface area contributed by atoms with Crippen LogP contribution in [-0.4, -0.2) is 41.4 Å². The fraction of sp³-hybridized carbons (Fsp3) is 0.100. The van der Waals surface area contributed by atoms with Crippen molar-refractivity contribution in [1.29, 1.82) is 0 Å². The third-order valence-corrected chi connectivity index (χ3v) is 6.41. The fourth-order valence-corrected chi connectivity index (χ4v) is 3.88. The summed E-state index contributed by atoms with van der Waals surface area (Å²) >= 11 is 0. The van der Waals surface area contributed by atoms with E-state index in [1.807, 2.05) is 0 Å². The van der Waals surface area contributed by atoms with Gasteiger partial charge in [0.25, 0.3) is 5.56 Å². The van der Waals surface area contributed by atoms with Gasteiger partial charge in [0, 0.05) is 37.5 Å². The van der Waals surface area contributed by atoms with Crippen LogP contribution in [0.3, 0.4) is 0 Å². The molecule has 0 amide bonds. The Kier molecular flexibility index (Phi) is 4.56. The third kappa shape index (κ3) is 3.34. The van der Waals surface area contributed by atoms with Gasteiger partial charge in [-0.15, -0.1) is 0 Å². The Labute approximate surface area is 166 Å². The van der Waals surface area contributed by atoms with E-state index in [1.165, 1.54) is 48.9 Å². The van der Waals surface area contributed by atoms with E-state index in [0.717, 1.165) is 4.31 Å². The van der Waals surface area contributed by atoms with Gasteiger partial charge in [-0.05, 0) is 29.8 Å². The largest absolute Gasteiger partial charge is 0.296 e. The first-order valence-corrected chi connectivity index (χ1v) is 10.1. The number of H-pyrrole nitrogens is 1. The lowest BCUT2D eigenvalue weighted by Crippen LogP contribution is -2.22. The molecule has 0 spiro atoms. The predicted octanol–water partition coefficient (Wildman–Crippen LogP) is 2.75. The molecule has 9 heteroatoms. The first kappa shape index (κ1) is 19.0. The quantitative estimate of drug-likeness (QED) is 0.558. The molecule has 4 rings (SSSR count). The van der Waals surface area contributed by atoms with Crippen LogP contribution in [0.4, 0.5) is 4.39 Å². The Morgan fingerprint density at radius 3 is 2.24 bits per heavy atom.